The molecule has 0 bridgehead atoms. The molecular weight excluding hydrogens is 232 g/mol. The molecule has 0 aliphatic rings. The van der Waals surface area contributed by atoms with Gasteiger partial charge in [0.1, 0.15) is 0 Å². The van der Waals surface area contributed by atoms with Crippen molar-refractivity contribution in [3.05, 3.63) is 40.8 Å². The Morgan fingerprint density at radius 1 is 1.33 bits per heavy atom. The van der Waals surface area contributed by atoms with E-state index in [0.717, 1.165) is 4.90 Å². The number of hydrogen-bond donors (Lipinski definition) is 1. The minimum Gasteiger partial charge on any atom is -0.481 e. The van der Waals surface area contributed by atoms with Gasteiger partial charge in [-0.1, -0.05) is 41.6 Å². The molecule has 4 heteroatoms. The fourth-order valence-electron chi connectivity index (χ4n) is 0.916. The van der Waals surface area contributed by atoms with Gasteiger partial charge in [-0.25, -0.2) is 0 Å². The average Bonchev–Trinajstić information content (AvgIpc) is 2.25. The van der Waals surface area contributed by atoms with E-state index in [1.165, 1.54) is 11.8 Å². The van der Waals surface area contributed by atoms with Gasteiger partial charge in [0.25, 0.3) is 0 Å². The second kappa shape index (κ2) is 6.53. The van der Waals surface area contributed by atoms with Crippen molar-refractivity contribution in [2.24, 2.45) is 0 Å². The highest BCUT2D eigenvalue weighted by Gasteiger charge is 1.99. The Bertz CT molecular complexity index is 349. The first kappa shape index (κ1) is 12.1. The van der Waals surface area contributed by atoms with Crippen LogP contribution in [0.1, 0.15) is 12.8 Å². The van der Waals surface area contributed by atoms with Crippen molar-refractivity contribution in [1.82, 2.24) is 0 Å². The highest BCUT2D eigenvalue weighted by atomic mass is 35.5. The summed E-state index contributed by atoms with van der Waals surface area (Å²) in [4.78, 5) is 11.4. The lowest BCUT2D eigenvalue weighted by Crippen LogP contribution is -1.93. The van der Waals surface area contributed by atoms with Gasteiger partial charge in [-0.2, -0.15) is 0 Å². The summed E-state index contributed by atoms with van der Waals surface area (Å²) >= 11 is 7.35. The highest BCUT2D eigenvalue weighted by Crippen LogP contribution is 2.23. The number of hydrogen-bond acceptors (Lipinski definition) is 2. The van der Waals surface area contributed by atoms with Crippen molar-refractivity contribution < 1.29 is 9.90 Å². The molecule has 0 aromatic heterocycles. The molecule has 0 saturated carbocycles. The van der Waals surface area contributed by atoms with Crippen LogP contribution in [-0.4, -0.2) is 11.1 Å². The van der Waals surface area contributed by atoms with E-state index in [-0.39, 0.29) is 6.42 Å². The summed E-state index contributed by atoms with van der Waals surface area (Å²) in [7, 11) is 0. The Balaban J connectivity index is 2.40. The Morgan fingerprint density at radius 3 is 2.60 bits per heavy atom. The van der Waals surface area contributed by atoms with Crippen LogP contribution in [0.15, 0.2) is 45.7 Å². The first-order chi connectivity index (χ1) is 7.18. The van der Waals surface area contributed by atoms with Gasteiger partial charge in [0, 0.05) is 9.93 Å². The van der Waals surface area contributed by atoms with Crippen molar-refractivity contribution in [3.8, 4) is 0 Å². The van der Waals surface area contributed by atoms with E-state index in [0.29, 0.717) is 11.5 Å². The fraction of sp³-hybridized carbons (Fsp3) is 0.182. The van der Waals surface area contributed by atoms with Crippen molar-refractivity contribution in [2.75, 3.05) is 0 Å². The number of allylic oxidation sites excluding steroid dienone is 1. The normalized spacial score (nSPS) is 11.4. The number of carbonyl (C=O) groups is 1. The molecule has 0 atom stereocenters. The van der Waals surface area contributed by atoms with E-state index in [4.69, 9.17) is 16.7 Å². The maximum Gasteiger partial charge on any atom is 0.303 e. The summed E-state index contributed by atoms with van der Waals surface area (Å²) in [5, 5.41) is 10.8. The minimum atomic E-state index is -0.828. The van der Waals surface area contributed by atoms with Crippen molar-refractivity contribution in [1.29, 1.82) is 0 Å². The maximum atomic E-state index is 10.3. The first-order valence-corrected chi connectivity index (χ1v) is 5.72. The van der Waals surface area contributed by atoms with Crippen LogP contribution in [0.5, 0.6) is 0 Å². The molecule has 0 fully saturated rings. The molecule has 0 spiro atoms. The quantitative estimate of drug-likeness (QED) is 0.800. The van der Waals surface area contributed by atoms with E-state index in [1.807, 2.05) is 30.3 Å². The summed E-state index contributed by atoms with van der Waals surface area (Å²) in [6.45, 7) is 0. The van der Waals surface area contributed by atoms with E-state index in [1.54, 1.807) is 5.41 Å². The molecular formula is C11H11ClO2S. The highest BCUT2D eigenvalue weighted by molar-refractivity contribution is 8.02. The van der Waals surface area contributed by atoms with E-state index in [2.05, 4.69) is 0 Å². The summed E-state index contributed by atoms with van der Waals surface area (Å²) in [5.74, 6) is -0.828. The Labute approximate surface area is 97.9 Å². The molecule has 0 heterocycles. The molecule has 1 N–H and O–H groups in total. The number of carboxylic acid groups (broad SMARTS) is 1. The maximum absolute atomic E-state index is 10.3. The zero-order valence-corrected chi connectivity index (χ0v) is 9.59. The Morgan fingerprint density at radius 2 is 2.00 bits per heavy atom. The number of carboxylic acids is 1. The molecule has 2 nitrogen and oxygen atoms in total. The fourth-order valence-corrected chi connectivity index (χ4v) is 1.84. The van der Waals surface area contributed by atoms with Crippen LogP contribution in [0.4, 0.5) is 0 Å². The summed E-state index contributed by atoms with van der Waals surface area (Å²) in [5.41, 5.74) is 0. The van der Waals surface area contributed by atoms with Crippen LogP contribution < -0.4 is 0 Å². The molecule has 0 aliphatic heterocycles. The molecule has 0 unspecified atom stereocenters. The average molecular weight is 243 g/mol. The zero-order chi connectivity index (χ0) is 11.1. The lowest BCUT2D eigenvalue weighted by molar-refractivity contribution is -0.136. The van der Waals surface area contributed by atoms with Gasteiger partial charge in [-0.05, 0) is 24.0 Å². The molecule has 15 heavy (non-hydrogen) atoms. The van der Waals surface area contributed by atoms with Crippen molar-refractivity contribution >= 4 is 29.3 Å². The predicted molar refractivity (Wildman–Crippen MR) is 63.1 cm³/mol. The molecule has 1 aromatic rings. The van der Waals surface area contributed by atoms with Crippen LogP contribution in [0.2, 0.25) is 0 Å². The van der Waals surface area contributed by atoms with E-state index >= 15 is 0 Å². The third-order valence-corrected chi connectivity index (χ3v) is 3.02. The molecule has 0 saturated heterocycles. The van der Waals surface area contributed by atoms with Gasteiger partial charge >= 0.3 is 5.97 Å². The summed E-state index contributed by atoms with van der Waals surface area (Å²) in [6, 6.07) is 9.79. The van der Waals surface area contributed by atoms with Crippen LogP contribution in [-0.2, 0) is 4.79 Å². The minimum absolute atomic E-state index is 0.0741. The van der Waals surface area contributed by atoms with Gasteiger partial charge < -0.3 is 5.11 Å². The summed E-state index contributed by atoms with van der Waals surface area (Å²) < 4.78 is 0. The summed E-state index contributed by atoms with van der Waals surface area (Å²) in [6.07, 6.45) is 0.460. The molecule has 80 valence electrons. The molecule has 1 rings (SSSR count). The van der Waals surface area contributed by atoms with Gasteiger partial charge in [0.05, 0.1) is 6.42 Å². The zero-order valence-electron chi connectivity index (χ0n) is 8.02. The first-order valence-electron chi connectivity index (χ1n) is 4.46. The second-order valence-electron chi connectivity index (χ2n) is 2.89. The molecule has 0 amide bonds. The lowest BCUT2D eigenvalue weighted by Gasteiger charge is -1.97. The largest absolute Gasteiger partial charge is 0.481 e. The Kier molecular flexibility index (Phi) is 5.29. The van der Waals surface area contributed by atoms with Crippen molar-refractivity contribution in [3.63, 3.8) is 0 Å². The van der Waals surface area contributed by atoms with Gasteiger partial charge in [0.2, 0.25) is 0 Å². The smallest absolute Gasteiger partial charge is 0.303 e. The standard InChI is InChI=1S/C11H11ClO2S/c12-9(6-7-11(13)14)8-15-10-4-2-1-3-5-10/h1-5,8H,6-7H2,(H,13,14)/b9-8+. The van der Waals surface area contributed by atoms with E-state index < -0.39 is 5.97 Å². The molecule has 0 aliphatic carbocycles. The predicted octanol–water partition coefficient (Wildman–Crippen LogP) is 3.72. The number of thioether (sulfide) groups is 1. The monoisotopic (exact) mass is 242 g/mol. The number of aliphatic carboxylic acids is 1. The molecule has 0 radical (unpaired) electrons. The second-order valence-corrected chi connectivity index (χ2v) is 4.32. The molecule has 1 aromatic carbocycles. The topological polar surface area (TPSA) is 37.3 Å². The van der Waals surface area contributed by atoms with Crippen LogP contribution in [0.3, 0.4) is 0 Å². The van der Waals surface area contributed by atoms with Gasteiger partial charge in [0.15, 0.2) is 0 Å². The lowest BCUT2D eigenvalue weighted by atomic mass is 10.3. The van der Waals surface area contributed by atoms with Crippen LogP contribution in [0.25, 0.3) is 0 Å². The van der Waals surface area contributed by atoms with Crippen molar-refractivity contribution in [2.45, 2.75) is 17.7 Å². The van der Waals surface area contributed by atoms with Crippen LogP contribution >= 0.6 is 23.4 Å². The van der Waals surface area contributed by atoms with E-state index in [9.17, 15) is 4.79 Å². The third kappa shape index (κ3) is 5.50. The van der Waals surface area contributed by atoms with Gasteiger partial charge in [-0.15, -0.1) is 0 Å². The Hall–Kier alpha value is -0.930. The SMILES string of the molecule is O=C(O)CC/C(Cl)=C\Sc1ccccc1. The number of benzene rings is 1. The third-order valence-electron chi connectivity index (χ3n) is 1.64. The number of halogens is 1. The van der Waals surface area contributed by atoms with Gasteiger partial charge in [-0.3, -0.25) is 4.79 Å². The van der Waals surface area contributed by atoms with Crippen LogP contribution in [0, 0.1) is 0 Å². The number of rotatable bonds is 5.